The molecule has 74 valence electrons. The lowest BCUT2D eigenvalue weighted by Gasteiger charge is -2.15. The van der Waals surface area contributed by atoms with E-state index in [-0.39, 0.29) is 0 Å². The fourth-order valence-corrected chi connectivity index (χ4v) is 1.52. The molecule has 0 saturated carbocycles. The average molecular weight is 180 g/mol. The Bertz CT molecular complexity index is 182. The molecule has 0 radical (unpaired) electrons. The molecule has 1 atom stereocenters. The summed E-state index contributed by atoms with van der Waals surface area (Å²) in [6.45, 7) is 6.54. The molecule has 1 heteroatoms. The van der Waals surface area contributed by atoms with Crippen molar-refractivity contribution >= 4 is 0 Å². The van der Waals surface area contributed by atoms with Crippen LogP contribution >= 0.6 is 0 Å². The molecule has 0 saturated heterocycles. The lowest BCUT2D eigenvalue weighted by molar-refractivity contribution is 0.0946. The maximum absolute atomic E-state index is 5.69. The van der Waals surface area contributed by atoms with E-state index in [4.69, 9.17) is 4.74 Å². The van der Waals surface area contributed by atoms with Crippen LogP contribution in [-0.4, -0.2) is 12.7 Å². The Balaban J connectivity index is 2.28. The molecule has 1 nitrogen and oxygen atoms in total. The second kappa shape index (κ2) is 5.98. The maximum atomic E-state index is 5.69. The Labute approximate surface area is 81.5 Å². The van der Waals surface area contributed by atoms with Crippen molar-refractivity contribution in [3.8, 4) is 0 Å². The predicted octanol–water partition coefficient (Wildman–Crippen LogP) is 3.47. The molecule has 1 aliphatic carbocycles. The highest BCUT2D eigenvalue weighted by atomic mass is 16.5. The van der Waals surface area contributed by atoms with Crippen LogP contribution in [0.15, 0.2) is 24.3 Å². The second-order valence-electron chi connectivity index (χ2n) is 3.87. The maximum Gasteiger partial charge on any atom is 0.0760 e. The summed E-state index contributed by atoms with van der Waals surface area (Å²) >= 11 is 0. The van der Waals surface area contributed by atoms with Crippen molar-refractivity contribution in [2.45, 2.75) is 45.1 Å². The first-order valence-corrected chi connectivity index (χ1v) is 5.21. The molecule has 13 heavy (non-hydrogen) atoms. The predicted molar refractivity (Wildman–Crippen MR) is 56.8 cm³/mol. The van der Waals surface area contributed by atoms with Gasteiger partial charge < -0.3 is 4.74 Å². The van der Waals surface area contributed by atoms with E-state index < -0.39 is 0 Å². The number of hydrogen-bond donors (Lipinski definition) is 0. The summed E-state index contributed by atoms with van der Waals surface area (Å²) in [5.74, 6) is 0. The van der Waals surface area contributed by atoms with Gasteiger partial charge in [-0.25, -0.2) is 0 Å². The fourth-order valence-electron chi connectivity index (χ4n) is 1.52. The summed E-state index contributed by atoms with van der Waals surface area (Å²) in [6, 6.07) is 0. The molecular formula is C12H20O. The molecule has 0 aromatic heterocycles. The lowest BCUT2D eigenvalue weighted by atomic mass is 10.0. The van der Waals surface area contributed by atoms with Crippen LogP contribution in [0.1, 0.15) is 39.0 Å². The first-order valence-electron chi connectivity index (χ1n) is 5.21. The van der Waals surface area contributed by atoms with Crippen molar-refractivity contribution < 1.29 is 4.74 Å². The Morgan fingerprint density at radius 3 is 3.08 bits per heavy atom. The number of allylic oxidation sites excluding steroid dienone is 1. The zero-order valence-electron chi connectivity index (χ0n) is 8.59. The highest BCUT2D eigenvalue weighted by Crippen LogP contribution is 2.14. The van der Waals surface area contributed by atoms with E-state index >= 15 is 0 Å². The SMILES string of the molecule is C=C(C)COC1/C=C\CCCCC1. The topological polar surface area (TPSA) is 9.23 Å². The van der Waals surface area contributed by atoms with Crippen LogP contribution in [0.4, 0.5) is 0 Å². The van der Waals surface area contributed by atoms with Crippen LogP contribution in [0.2, 0.25) is 0 Å². The number of hydrogen-bond acceptors (Lipinski definition) is 1. The Kier molecular flexibility index (Phi) is 4.84. The van der Waals surface area contributed by atoms with Crippen LogP contribution in [0.5, 0.6) is 0 Å². The highest BCUT2D eigenvalue weighted by molar-refractivity contribution is 4.94. The quantitative estimate of drug-likeness (QED) is 0.604. The molecule has 1 aliphatic rings. The monoisotopic (exact) mass is 180 g/mol. The van der Waals surface area contributed by atoms with Gasteiger partial charge in [0.2, 0.25) is 0 Å². The molecule has 0 bridgehead atoms. The summed E-state index contributed by atoms with van der Waals surface area (Å²) < 4.78 is 5.69. The molecular weight excluding hydrogens is 160 g/mol. The molecule has 0 N–H and O–H groups in total. The molecule has 0 spiro atoms. The van der Waals surface area contributed by atoms with Crippen LogP contribution in [0.25, 0.3) is 0 Å². The molecule has 0 heterocycles. The van der Waals surface area contributed by atoms with E-state index in [1.807, 2.05) is 6.92 Å². The molecule has 0 fully saturated rings. The smallest absolute Gasteiger partial charge is 0.0760 e. The van der Waals surface area contributed by atoms with E-state index in [1.54, 1.807) is 0 Å². The first-order chi connectivity index (χ1) is 6.29. The van der Waals surface area contributed by atoms with E-state index in [9.17, 15) is 0 Å². The molecule has 1 unspecified atom stereocenters. The van der Waals surface area contributed by atoms with E-state index in [0.29, 0.717) is 12.7 Å². The van der Waals surface area contributed by atoms with Crippen LogP contribution in [0.3, 0.4) is 0 Å². The third-order valence-corrected chi connectivity index (χ3v) is 2.25. The van der Waals surface area contributed by atoms with Crippen LogP contribution < -0.4 is 0 Å². The van der Waals surface area contributed by atoms with Gasteiger partial charge in [0.15, 0.2) is 0 Å². The minimum absolute atomic E-state index is 0.331. The van der Waals surface area contributed by atoms with E-state index in [2.05, 4.69) is 18.7 Å². The van der Waals surface area contributed by atoms with Crippen molar-refractivity contribution in [2.75, 3.05) is 6.61 Å². The van der Waals surface area contributed by atoms with Crippen molar-refractivity contribution in [1.82, 2.24) is 0 Å². The normalized spacial score (nSPS) is 26.1. The van der Waals surface area contributed by atoms with Gasteiger partial charge in [0.25, 0.3) is 0 Å². The molecule has 0 aromatic rings. The second-order valence-corrected chi connectivity index (χ2v) is 3.87. The van der Waals surface area contributed by atoms with Gasteiger partial charge in [-0.1, -0.05) is 37.1 Å². The van der Waals surface area contributed by atoms with Gasteiger partial charge in [-0.3, -0.25) is 0 Å². The van der Waals surface area contributed by atoms with Crippen molar-refractivity contribution in [3.05, 3.63) is 24.3 Å². The third kappa shape index (κ3) is 4.89. The number of ether oxygens (including phenoxy) is 1. The third-order valence-electron chi connectivity index (χ3n) is 2.25. The molecule has 0 aliphatic heterocycles. The largest absolute Gasteiger partial charge is 0.370 e. The van der Waals surface area contributed by atoms with Crippen LogP contribution in [0, 0.1) is 0 Å². The van der Waals surface area contributed by atoms with Gasteiger partial charge in [0.05, 0.1) is 12.7 Å². The fraction of sp³-hybridized carbons (Fsp3) is 0.667. The average Bonchev–Trinajstić information content (AvgIpc) is 2.01. The number of rotatable bonds is 3. The highest BCUT2D eigenvalue weighted by Gasteiger charge is 2.06. The molecule has 0 amide bonds. The minimum atomic E-state index is 0.331. The minimum Gasteiger partial charge on any atom is -0.370 e. The van der Waals surface area contributed by atoms with Gasteiger partial charge in [0.1, 0.15) is 0 Å². The Hall–Kier alpha value is -0.560. The first kappa shape index (κ1) is 10.5. The Morgan fingerprint density at radius 1 is 1.46 bits per heavy atom. The standard InChI is InChI=1S/C12H20O/c1-11(2)10-13-12-8-6-4-3-5-7-9-12/h6,8,12H,1,3-5,7,9-10H2,2H3/b8-6-. The molecule has 0 aromatic carbocycles. The van der Waals surface area contributed by atoms with E-state index in [1.165, 1.54) is 32.1 Å². The lowest BCUT2D eigenvalue weighted by Crippen LogP contribution is -2.12. The van der Waals surface area contributed by atoms with Crippen molar-refractivity contribution in [2.24, 2.45) is 0 Å². The summed E-state index contributed by atoms with van der Waals surface area (Å²) in [7, 11) is 0. The van der Waals surface area contributed by atoms with Crippen molar-refractivity contribution in [3.63, 3.8) is 0 Å². The summed E-state index contributed by atoms with van der Waals surface area (Å²) in [5.41, 5.74) is 1.11. The van der Waals surface area contributed by atoms with Gasteiger partial charge in [0, 0.05) is 0 Å². The van der Waals surface area contributed by atoms with Gasteiger partial charge in [-0.2, -0.15) is 0 Å². The van der Waals surface area contributed by atoms with Crippen molar-refractivity contribution in [1.29, 1.82) is 0 Å². The summed E-state index contributed by atoms with van der Waals surface area (Å²) in [4.78, 5) is 0. The van der Waals surface area contributed by atoms with E-state index in [0.717, 1.165) is 5.57 Å². The van der Waals surface area contributed by atoms with Gasteiger partial charge in [-0.05, 0) is 26.2 Å². The van der Waals surface area contributed by atoms with Gasteiger partial charge >= 0.3 is 0 Å². The van der Waals surface area contributed by atoms with Gasteiger partial charge in [-0.15, -0.1) is 0 Å². The zero-order valence-corrected chi connectivity index (χ0v) is 8.59. The molecule has 1 rings (SSSR count). The summed E-state index contributed by atoms with van der Waals surface area (Å²) in [6.07, 6.45) is 11.2. The Morgan fingerprint density at radius 2 is 2.31 bits per heavy atom. The zero-order chi connectivity index (χ0) is 9.52. The summed E-state index contributed by atoms with van der Waals surface area (Å²) in [5, 5.41) is 0. The van der Waals surface area contributed by atoms with Crippen LogP contribution in [-0.2, 0) is 4.74 Å².